The maximum atomic E-state index is 3.89. The van der Waals surface area contributed by atoms with E-state index in [1.54, 1.807) is 0 Å². The molecule has 1 rings (SSSR count). The van der Waals surface area contributed by atoms with Crippen LogP contribution in [-0.4, -0.2) is 10.2 Å². The smallest absolute Gasteiger partial charge is 0.0593 e. The van der Waals surface area contributed by atoms with Crippen LogP contribution in [0.5, 0.6) is 0 Å². The van der Waals surface area contributed by atoms with E-state index in [4.69, 9.17) is 0 Å². The summed E-state index contributed by atoms with van der Waals surface area (Å²) < 4.78 is 0. The minimum Gasteiger partial charge on any atom is -0.283 e. The molecular weight excluding hydrogens is 148 g/mol. The van der Waals surface area contributed by atoms with Crippen molar-refractivity contribution in [3.8, 4) is 0 Å². The van der Waals surface area contributed by atoms with Crippen molar-refractivity contribution in [1.82, 2.24) is 10.2 Å². The lowest BCUT2D eigenvalue weighted by Crippen LogP contribution is -1.68. The van der Waals surface area contributed by atoms with E-state index >= 15 is 0 Å². The number of nitrogens with zero attached hydrogens (tertiary/aromatic N) is 1. The van der Waals surface area contributed by atoms with Crippen molar-refractivity contribution in [2.75, 3.05) is 0 Å². The number of aryl methyl sites for hydroxylation is 2. The molecule has 0 atom stereocenters. The number of nitrogens with one attached hydrogen (secondary N) is 1. The number of aromatic amines is 1. The Kier molecular flexibility index (Phi) is 7.91. The van der Waals surface area contributed by atoms with Gasteiger partial charge in [0.05, 0.1) is 5.69 Å². The topological polar surface area (TPSA) is 28.7 Å². The molecule has 1 aromatic heterocycles. The fourth-order valence-electron chi connectivity index (χ4n) is 0.554. The molecule has 0 saturated heterocycles. The Morgan fingerprint density at radius 3 is 1.75 bits per heavy atom. The van der Waals surface area contributed by atoms with E-state index in [9.17, 15) is 0 Å². The third-order valence-corrected chi connectivity index (χ3v) is 0.834. The van der Waals surface area contributed by atoms with Crippen molar-refractivity contribution in [2.45, 2.75) is 42.0 Å². The van der Waals surface area contributed by atoms with Crippen LogP contribution in [0.2, 0.25) is 0 Å². The van der Waals surface area contributed by atoms with Crippen LogP contribution in [0.25, 0.3) is 0 Å². The first-order chi connectivity index (χ1) is 5.02. The van der Waals surface area contributed by atoms with Crippen LogP contribution in [-0.2, 0) is 0 Å². The zero-order valence-electron chi connectivity index (χ0n) is 8.10. The molecule has 0 amide bonds. The van der Waals surface area contributed by atoms with Gasteiger partial charge in [-0.15, -0.1) is 0 Å². The molecule has 72 valence electrons. The van der Waals surface area contributed by atoms with Crippen molar-refractivity contribution in [2.24, 2.45) is 5.92 Å². The largest absolute Gasteiger partial charge is 0.283 e. The summed E-state index contributed by atoms with van der Waals surface area (Å²) in [5, 5.41) is 6.71. The van der Waals surface area contributed by atoms with Gasteiger partial charge in [-0.25, -0.2) is 0 Å². The first-order valence-electron chi connectivity index (χ1n) is 4.01. The van der Waals surface area contributed by atoms with E-state index in [-0.39, 0.29) is 7.43 Å². The molecule has 0 spiro atoms. The van der Waals surface area contributed by atoms with Crippen LogP contribution in [0, 0.1) is 19.8 Å². The maximum Gasteiger partial charge on any atom is 0.0593 e. The summed E-state index contributed by atoms with van der Waals surface area (Å²) in [6, 6.07) is 2.00. The zero-order valence-corrected chi connectivity index (χ0v) is 8.10. The highest BCUT2D eigenvalue weighted by atomic mass is 15.1. The van der Waals surface area contributed by atoms with Gasteiger partial charge in [-0.1, -0.05) is 28.2 Å². The normalized spacial score (nSPS) is 8.50. The summed E-state index contributed by atoms with van der Waals surface area (Å²) in [5.41, 5.74) is 2.18. The highest BCUT2D eigenvalue weighted by molar-refractivity contribution is 5.03. The molecule has 0 radical (unpaired) electrons. The molecule has 0 bridgehead atoms. The van der Waals surface area contributed by atoms with Gasteiger partial charge < -0.3 is 0 Å². The highest BCUT2D eigenvalue weighted by Gasteiger charge is 1.84. The maximum absolute atomic E-state index is 3.89. The molecule has 0 aromatic carbocycles. The standard InChI is InChI=1S/C5H8N2.C4H10.CH4/c1-4-3-5(2)7-6-4;1-4(2)3;/h3H,1-2H3,(H,6,7);4H,1-3H3;1H4. The third kappa shape index (κ3) is 9.21. The Labute approximate surface area is 76.4 Å². The molecule has 12 heavy (non-hydrogen) atoms. The fraction of sp³-hybridized carbons (Fsp3) is 0.700. The number of hydrogen-bond donors (Lipinski definition) is 1. The fourth-order valence-corrected chi connectivity index (χ4v) is 0.554. The molecule has 1 N–H and O–H groups in total. The van der Waals surface area contributed by atoms with Crippen molar-refractivity contribution in [3.63, 3.8) is 0 Å². The van der Waals surface area contributed by atoms with Crippen LogP contribution in [0.4, 0.5) is 0 Å². The monoisotopic (exact) mass is 170 g/mol. The van der Waals surface area contributed by atoms with Gasteiger partial charge in [0.25, 0.3) is 0 Å². The number of rotatable bonds is 0. The van der Waals surface area contributed by atoms with E-state index in [2.05, 4.69) is 31.0 Å². The van der Waals surface area contributed by atoms with Gasteiger partial charge in [-0.3, -0.25) is 5.10 Å². The Morgan fingerprint density at radius 1 is 1.25 bits per heavy atom. The average molecular weight is 170 g/mol. The Hall–Kier alpha value is -0.790. The zero-order chi connectivity index (χ0) is 8.85. The van der Waals surface area contributed by atoms with Crippen LogP contribution in [0.15, 0.2) is 6.07 Å². The van der Waals surface area contributed by atoms with Crippen LogP contribution in [0.3, 0.4) is 0 Å². The summed E-state index contributed by atoms with van der Waals surface area (Å²) in [5.74, 6) is 0.833. The Morgan fingerprint density at radius 2 is 1.67 bits per heavy atom. The SMILES string of the molecule is C.CC(C)C.Cc1cc(C)[nH]n1. The second-order valence-corrected chi connectivity index (χ2v) is 3.42. The molecule has 0 aliphatic rings. The second-order valence-electron chi connectivity index (χ2n) is 3.42. The molecule has 1 heterocycles. The van der Waals surface area contributed by atoms with E-state index < -0.39 is 0 Å². The summed E-state index contributed by atoms with van der Waals surface area (Å²) in [7, 11) is 0. The van der Waals surface area contributed by atoms with Gasteiger partial charge in [0.2, 0.25) is 0 Å². The van der Waals surface area contributed by atoms with Gasteiger partial charge in [-0.2, -0.15) is 5.10 Å². The summed E-state index contributed by atoms with van der Waals surface area (Å²) in [4.78, 5) is 0. The van der Waals surface area contributed by atoms with Gasteiger partial charge in [0.1, 0.15) is 0 Å². The molecule has 1 aromatic rings. The highest BCUT2D eigenvalue weighted by Crippen LogP contribution is 1.92. The second kappa shape index (κ2) is 6.89. The van der Waals surface area contributed by atoms with Crippen molar-refractivity contribution >= 4 is 0 Å². The van der Waals surface area contributed by atoms with Crippen LogP contribution >= 0.6 is 0 Å². The average Bonchev–Trinajstić information content (AvgIpc) is 2.13. The quantitative estimate of drug-likeness (QED) is 0.635. The van der Waals surface area contributed by atoms with Crippen molar-refractivity contribution in [3.05, 3.63) is 17.5 Å². The number of H-pyrrole nitrogens is 1. The lowest BCUT2D eigenvalue weighted by Gasteiger charge is -1.79. The van der Waals surface area contributed by atoms with Gasteiger partial charge in [-0.05, 0) is 25.8 Å². The van der Waals surface area contributed by atoms with Crippen LogP contribution < -0.4 is 0 Å². The lowest BCUT2D eigenvalue weighted by molar-refractivity contribution is 0.737. The minimum atomic E-state index is 0. The Bertz CT molecular complexity index is 170. The summed E-state index contributed by atoms with van der Waals surface area (Å²) in [6.45, 7) is 10.4. The molecule has 0 aliphatic heterocycles. The van der Waals surface area contributed by atoms with Crippen molar-refractivity contribution in [1.29, 1.82) is 0 Å². The molecular formula is C10H22N2. The predicted molar refractivity (Wildman–Crippen MR) is 55.3 cm³/mol. The molecule has 2 heteroatoms. The van der Waals surface area contributed by atoms with Crippen molar-refractivity contribution < 1.29 is 0 Å². The molecule has 0 fully saturated rings. The number of aromatic nitrogens is 2. The molecule has 0 saturated carbocycles. The molecule has 2 nitrogen and oxygen atoms in total. The summed E-state index contributed by atoms with van der Waals surface area (Å²) >= 11 is 0. The van der Waals surface area contributed by atoms with E-state index in [0.29, 0.717) is 0 Å². The van der Waals surface area contributed by atoms with E-state index in [0.717, 1.165) is 17.3 Å². The predicted octanol–water partition coefficient (Wildman–Crippen LogP) is 3.32. The minimum absolute atomic E-state index is 0. The summed E-state index contributed by atoms with van der Waals surface area (Å²) in [6.07, 6.45) is 0. The molecule has 0 aliphatic carbocycles. The first-order valence-corrected chi connectivity index (χ1v) is 4.01. The van der Waals surface area contributed by atoms with Crippen LogP contribution in [0.1, 0.15) is 39.6 Å². The molecule has 0 unspecified atom stereocenters. The number of hydrogen-bond acceptors (Lipinski definition) is 1. The Balaban J connectivity index is 0. The van der Waals surface area contributed by atoms with E-state index in [1.165, 1.54) is 0 Å². The van der Waals surface area contributed by atoms with Gasteiger partial charge in [0.15, 0.2) is 0 Å². The van der Waals surface area contributed by atoms with Gasteiger partial charge in [0, 0.05) is 5.69 Å². The van der Waals surface area contributed by atoms with Gasteiger partial charge >= 0.3 is 0 Å². The lowest BCUT2D eigenvalue weighted by atomic mass is 10.3. The third-order valence-electron chi connectivity index (χ3n) is 0.834. The first kappa shape index (κ1) is 13.8. The van der Waals surface area contributed by atoms with E-state index in [1.807, 2.05) is 19.9 Å².